The van der Waals surface area contributed by atoms with Crippen molar-refractivity contribution in [1.29, 1.82) is 0 Å². The Labute approximate surface area is 177 Å². The molecule has 2 aromatic rings. The van der Waals surface area contributed by atoms with Crippen LogP contribution in [-0.2, 0) is 11.2 Å². The highest BCUT2D eigenvalue weighted by Gasteiger charge is 2.22. The molecule has 1 aliphatic heterocycles. The number of ether oxygens (including phenoxy) is 2. The average Bonchev–Trinajstić information content (AvgIpc) is 3.05. The summed E-state index contributed by atoms with van der Waals surface area (Å²) in [7, 11) is 1.61. The molecule has 0 unspecified atom stereocenters. The molecule has 7 heteroatoms. The van der Waals surface area contributed by atoms with Crippen LogP contribution >= 0.6 is 0 Å². The standard InChI is InChI=1S/C23H29N3O4/c1-3-30-20-7-5-18(17-21(20)29-2)6-8-22(27)25-13-4-14-26(16-15-25)23(28)19-9-11-24-12-10-19/h5,7,9-12,17H,3-4,6,8,13-16H2,1-2H3. The smallest absolute Gasteiger partial charge is 0.254 e. The van der Waals surface area contributed by atoms with Crippen LogP contribution in [0.15, 0.2) is 42.7 Å². The van der Waals surface area contributed by atoms with Gasteiger partial charge in [-0.1, -0.05) is 6.07 Å². The molecule has 3 rings (SSSR count). The summed E-state index contributed by atoms with van der Waals surface area (Å²) in [6, 6.07) is 9.23. The van der Waals surface area contributed by atoms with Gasteiger partial charge < -0.3 is 19.3 Å². The molecule has 0 aliphatic carbocycles. The van der Waals surface area contributed by atoms with Crippen molar-refractivity contribution in [3.63, 3.8) is 0 Å². The number of methoxy groups -OCH3 is 1. The lowest BCUT2D eigenvalue weighted by molar-refractivity contribution is -0.131. The minimum atomic E-state index is -0.00631. The third-order valence-electron chi connectivity index (χ3n) is 5.22. The van der Waals surface area contributed by atoms with Crippen molar-refractivity contribution >= 4 is 11.8 Å². The van der Waals surface area contributed by atoms with E-state index in [1.807, 2.05) is 34.9 Å². The summed E-state index contributed by atoms with van der Waals surface area (Å²) in [5.41, 5.74) is 1.67. The van der Waals surface area contributed by atoms with Gasteiger partial charge in [-0.2, -0.15) is 0 Å². The first-order valence-corrected chi connectivity index (χ1v) is 10.4. The quantitative estimate of drug-likeness (QED) is 0.701. The third-order valence-corrected chi connectivity index (χ3v) is 5.22. The first kappa shape index (κ1) is 21.6. The number of carbonyl (C=O) groups is 2. The van der Waals surface area contributed by atoms with E-state index < -0.39 is 0 Å². The second kappa shape index (κ2) is 10.6. The van der Waals surface area contributed by atoms with E-state index in [4.69, 9.17) is 9.47 Å². The van der Waals surface area contributed by atoms with E-state index in [0.717, 1.165) is 12.0 Å². The fourth-order valence-corrected chi connectivity index (χ4v) is 3.60. The molecular weight excluding hydrogens is 382 g/mol. The molecule has 1 saturated heterocycles. The monoisotopic (exact) mass is 411 g/mol. The normalized spacial score (nSPS) is 14.2. The second-order valence-corrected chi connectivity index (χ2v) is 7.18. The fraction of sp³-hybridized carbons (Fsp3) is 0.435. The summed E-state index contributed by atoms with van der Waals surface area (Å²) in [4.78, 5) is 33.0. The zero-order valence-corrected chi connectivity index (χ0v) is 17.7. The molecule has 0 bridgehead atoms. The number of aryl methyl sites for hydroxylation is 1. The minimum Gasteiger partial charge on any atom is -0.493 e. The van der Waals surface area contributed by atoms with Crippen molar-refractivity contribution in [3.05, 3.63) is 53.9 Å². The van der Waals surface area contributed by atoms with Crippen molar-refractivity contribution in [1.82, 2.24) is 14.8 Å². The van der Waals surface area contributed by atoms with Crippen molar-refractivity contribution in [2.45, 2.75) is 26.2 Å². The maximum atomic E-state index is 12.8. The molecule has 7 nitrogen and oxygen atoms in total. The van der Waals surface area contributed by atoms with Gasteiger partial charge in [0.15, 0.2) is 11.5 Å². The molecule has 0 saturated carbocycles. The molecule has 0 radical (unpaired) electrons. The highest BCUT2D eigenvalue weighted by Crippen LogP contribution is 2.28. The number of benzene rings is 1. The van der Waals surface area contributed by atoms with Crippen LogP contribution in [0, 0.1) is 0 Å². The Morgan fingerprint density at radius 1 is 1.00 bits per heavy atom. The SMILES string of the molecule is CCOc1ccc(CCC(=O)N2CCCN(C(=O)c3ccncc3)CC2)cc1OC. The summed E-state index contributed by atoms with van der Waals surface area (Å²) < 4.78 is 10.9. The molecule has 30 heavy (non-hydrogen) atoms. The lowest BCUT2D eigenvalue weighted by Crippen LogP contribution is -2.37. The van der Waals surface area contributed by atoms with Gasteiger partial charge in [0.1, 0.15) is 0 Å². The number of amides is 2. The van der Waals surface area contributed by atoms with Crippen LogP contribution in [0.4, 0.5) is 0 Å². The van der Waals surface area contributed by atoms with E-state index in [-0.39, 0.29) is 11.8 Å². The van der Waals surface area contributed by atoms with Gasteiger partial charge >= 0.3 is 0 Å². The summed E-state index contributed by atoms with van der Waals surface area (Å²) in [6.07, 6.45) is 5.08. The number of hydrogen-bond donors (Lipinski definition) is 0. The summed E-state index contributed by atoms with van der Waals surface area (Å²) in [5, 5.41) is 0. The number of rotatable bonds is 7. The molecule has 1 aliphatic rings. The van der Waals surface area contributed by atoms with E-state index in [0.29, 0.717) is 62.7 Å². The lowest BCUT2D eigenvalue weighted by atomic mass is 10.1. The molecule has 2 heterocycles. The molecule has 1 fully saturated rings. The van der Waals surface area contributed by atoms with E-state index in [1.165, 1.54) is 0 Å². The van der Waals surface area contributed by atoms with Crippen molar-refractivity contribution in [2.75, 3.05) is 39.9 Å². The predicted molar refractivity (Wildman–Crippen MR) is 114 cm³/mol. The Morgan fingerprint density at radius 3 is 2.47 bits per heavy atom. The summed E-state index contributed by atoms with van der Waals surface area (Å²) >= 11 is 0. The van der Waals surface area contributed by atoms with Gasteiger partial charge in [-0.25, -0.2) is 0 Å². The first-order valence-electron chi connectivity index (χ1n) is 10.4. The van der Waals surface area contributed by atoms with Crippen molar-refractivity contribution < 1.29 is 19.1 Å². The van der Waals surface area contributed by atoms with Gasteiger partial charge in [-0.15, -0.1) is 0 Å². The van der Waals surface area contributed by atoms with Crippen LogP contribution in [0.3, 0.4) is 0 Å². The average molecular weight is 412 g/mol. The summed E-state index contributed by atoms with van der Waals surface area (Å²) in [5.74, 6) is 1.50. The third kappa shape index (κ3) is 5.49. The molecule has 0 atom stereocenters. The molecule has 160 valence electrons. The highest BCUT2D eigenvalue weighted by molar-refractivity contribution is 5.94. The van der Waals surface area contributed by atoms with Crippen molar-refractivity contribution in [2.24, 2.45) is 0 Å². The maximum absolute atomic E-state index is 12.8. The van der Waals surface area contributed by atoms with Crippen LogP contribution < -0.4 is 9.47 Å². The van der Waals surface area contributed by atoms with Crippen LogP contribution in [0.1, 0.15) is 35.7 Å². The van der Waals surface area contributed by atoms with Gasteiger partial charge in [0.2, 0.25) is 5.91 Å². The predicted octanol–water partition coefficient (Wildman–Crippen LogP) is 2.80. The highest BCUT2D eigenvalue weighted by atomic mass is 16.5. The van der Waals surface area contributed by atoms with E-state index in [1.54, 1.807) is 31.6 Å². The van der Waals surface area contributed by atoms with Crippen LogP contribution in [0.25, 0.3) is 0 Å². The zero-order valence-electron chi connectivity index (χ0n) is 17.7. The molecule has 0 N–H and O–H groups in total. The minimum absolute atomic E-state index is 0.00631. The van der Waals surface area contributed by atoms with Gasteiger partial charge in [0.05, 0.1) is 13.7 Å². The Hall–Kier alpha value is -3.09. The second-order valence-electron chi connectivity index (χ2n) is 7.18. The Balaban J connectivity index is 1.53. The summed E-state index contributed by atoms with van der Waals surface area (Å²) in [6.45, 7) is 4.93. The Bertz CT molecular complexity index is 857. The van der Waals surface area contributed by atoms with Gasteiger partial charge in [0, 0.05) is 50.6 Å². The van der Waals surface area contributed by atoms with Crippen LogP contribution in [0.2, 0.25) is 0 Å². The van der Waals surface area contributed by atoms with Gasteiger partial charge in [0.25, 0.3) is 5.91 Å². The topological polar surface area (TPSA) is 72.0 Å². The van der Waals surface area contributed by atoms with E-state index >= 15 is 0 Å². The molecule has 1 aromatic carbocycles. The van der Waals surface area contributed by atoms with Gasteiger partial charge in [-0.3, -0.25) is 14.6 Å². The molecule has 1 aromatic heterocycles. The maximum Gasteiger partial charge on any atom is 0.254 e. The Kier molecular flexibility index (Phi) is 7.65. The Morgan fingerprint density at radius 2 is 1.73 bits per heavy atom. The van der Waals surface area contributed by atoms with Crippen LogP contribution in [0.5, 0.6) is 11.5 Å². The number of nitrogens with zero attached hydrogens (tertiary/aromatic N) is 3. The van der Waals surface area contributed by atoms with Gasteiger partial charge in [-0.05, 0) is 49.6 Å². The number of aromatic nitrogens is 1. The zero-order chi connectivity index (χ0) is 21.3. The molecular formula is C23H29N3O4. The van der Waals surface area contributed by atoms with Crippen LogP contribution in [-0.4, -0.2) is 66.5 Å². The van der Waals surface area contributed by atoms with Crippen molar-refractivity contribution in [3.8, 4) is 11.5 Å². The molecule has 0 spiro atoms. The lowest BCUT2D eigenvalue weighted by Gasteiger charge is -2.22. The number of carbonyl (C=O) groups excluding carboxylic acids is 2. The number of pyridine rings is 1. The first-order chi connectivity index (χ1) is 14.6. The molecule has 2 amide bonds. The largest absolute Gasteiger partial charge is 0.493 e. The van der Waals surface area contributed by atoms with E-state index in [2.05, 4.69) is 4.98 Å². The number of hydrogen-bond acceptors (Lipinski definition) is 5. The van der Waals surface area contributed by atoms with E-state index in [9.17, 15) is 9.59 Å². The fourth-order valence-electron chi connectivity index (χ4n) is 3.60.